The highest BCUT2D eigenvalue weighted by Crippen LogP contribution is 2.31. The van der Waals surface area contributed by atoms with E-state index in [1.165, 1.54) is 13.0 Å². The second-order valence-corrected chi connectivity index (χ2v) is 5.91. The number of aromatic hydroxyl groups is 1. The van der Waals surface area contributed by atoms with Crippen LogP contribution in [0.2, 0.25) is 5.02 Å². The van der Waals surface area contributed by atoms with Crippen LogP contribution in [0.15, 0.2) is 12.1 Å². The molecule has 17 heavy (non-hydrogen) atoms. The normalized spacial score (nSPS) is 12.5. The molecule has 0 aromatic heterocycles. The van der Waals surface area contributed by atoms with Gasteiger partial charge in [-0.3, -0.25) is 4.79 Å². The van der Waals surface area contributed by atoms with Crippen LogP contribution in [0.4, 0.5) is 0 Å². The molecule has 1 aromatic carbocycles. The molecule has 94 valence electrons. The first-order chi connectivity index (χ1) is 7.95. The van der Waals surface area contributed by atoms with E-state index in [2.05, 4.69) is 13.8 Å². The summed E-state index contributed by atoms with van der Waals surface area (Å²) in [5, 5.41) is 11.0. The van der Waals surface area contributed by atoms with Crippen LogP contribution in [0, 0.1) is 0 Å². The number of ketones is 1. The summed E-state index contributed by atoms with van der Waals surface area (Å²) in [5.41, 5.74) is 1.03. The second kappa shape index (κ2) is 6.31. The molecule has 1 N–H and O–H groups in total. The van der Waals surface area contributed by atoms with Crippen molar-refractivity contribution in [2.75, 3.05) is 0 Å². The zero-order chi connectivity index (χ0) is 13.0. The Balaban J connectivity index is 2.95. The number of hydrogen-bond acceptors (Lipinski definition) is 3. The van der Waals surface area contributed by atoms with Crippen LogP contribution < -0.4 is 0 Å². The Bertz CT molecular complexity index is 418. The van der Waals surface area contributed by atoms with Crippen molar-refractivity contribution in [1.82, 2.24) is 0 Å². The number of rotatable bonds is 5. The smallest absolute Gasteiger partial charge is 0.163 e. The van der Waals surface area contributed by atoms with Gasteiger partial charge in [0.25, 0.3) is 0 Å². The van der Waals surface area contributed by atoms with Crippen molar-refractivity contribution in [3.63, 3.8) is 0 Å². The molecule has 0 aliphatic heterocycles. The molecule has 0 radical (unpaired) electrons. The molecule has 0 amide bonds. The van der Waals surface area contributed by atoms with Crippen LogP contribution in [-0.4, -0.2) is 16.1 Å². The number of phenols is 1. The lowest BCUT2D eigenvalue weighted by atomic mass is 10.1. The van der Waals surface area contributed by atoms with Gasteiger partial charge >= 0.3 is 0 Å². The van der Waals surface area contributed by atoms with Gasteiger partial charge in [0.1, 0.15) is 5.75 Å². The predicted octanol–water partition coefficient (Wildman–Crippen LogP) is 4.28. The first kappa shape index (κ1) is 14.4. The van der Waals surface area contributed by atoms with Gasteiger partial charge in [0, 0.05) is 21.6 Å². The maximum atomic E-state index is 11.3. The maximum Gasteiger partial charge on any atom is 0.163 e. The monoisotopic (exact) mass is 272 g/mol. The molecular formula is C13H17ClO2S. The van der Waals surface area contributed by atoms with E-state index in [4.69, 9.17) is 11.6 Å². The zero-order valence-electron chi connectivity index (χ0n) is 10.3. The lowest BCUT2D eigenvalue weighted by molar-refractivity contribution is 0.101. The molecule has 1 atom stereocenters. The second-order valence-electron chi connectivity index (χ2n) is 4.05. The molecule has 0 saturated carbocycles. The fourth-order valence-corrected chi connectivity index (χ4v) is 2.54. The number of halogens is 1. The van der Waals surface area contributed by atoms with Gasteiger partial charge in [0.2, 0.25) is 0 Å². The van der Waals surface area contributed by atoms with E-state index in [0.717, 1.165) is 12.0 Å². The Labute approximate surface area is 111 Å². The van der Waals surface area contributed by atoms with Crippen LogP contribution in [0.25, 0.3) is 0 Å². The number of phenolic OH excluding ortho intramolecular Hbond substituents is 1. The highest BCUT2D eigenvalue weighted by molar-refractivity contribution is 7.99. The third-order valence-corrected chi connectivity index (χ3v) is 4.23. The number of Topliss-reactive ketones (excluding diaryl/α,β-unsaturated/α-hetero) is 1. The highest BCUT2D eigenvalue weighted by atomic mass is 35.5. The SMILES string of the molecule is CCC(C)SCc1cc(Cl)cc(C(C)=O)c1O. The van der Waals surface area contributed by atoms with Gasteiger partial charge in [-0.25, -0.2) is 0 Å². The topological polar surface area (TPSA) is 37.3 Å². The molecule has 2 nitrogen and oxygen atoms in total. The fraction of sp³-hybridized carbons (Fsp3) is 0.462. The molecule has 4 heteroatoms. The van der Waals surface area contributed by atoms with E-state index in [-0.39, 0.29) is 11.5 Å². The summed E-state index contributed by atoms with van der Waals surface area (Å²) in [4.78, 5) is 11.3. The molecular weight excluding hydrogens is 256 g/mol. The minimum absolute atomic E-state index is 0.0673. The molecule has 1 unspecified atom stereocenters. The van der Waals surface area contributed by atoms with E-state index in [1.807, 2.05) is 0 Å². The molecule has 0 fully saturated rings. The van der Waals surface area contributed by atoms with E-state index < -0.39 is 0 Å². The van der Waals surface area contributed by atoms with Crippen LogP contribution in [0.1, 0.15) is 43.1 Å². The average molecular weight is 273 g/mol. The quantitative estimate of drug-likeness (QED) is 0.813. The predicted molar refractivity (Wildman–Crippen MR) is 74.2 cm³/mol. The Morgan fingerprint density at radius 3 is 2.71 bits per heavy atom. The molecule has 0 heterocycles. The summed E-state index contributed by atoms with van der Waals surface area (Å²) in [6.07, 6.45) is 1.07. The van der Waals surface area contributed by atoms with Crippen LogP contribution >= 0.6 is 23.4 Å². The third-order valence-electron chi connectivity index (χ3n) is 2.63. The molecule has 0 saturated heterocycles. The van der Waals surface area contributed by atoms with Crippen molar-refractivity contribution in [2.45, 2.75) is 38.2 Å². The first-order valence-corrected chi connectivity index (χ1v) is 7.02. The van der Waals surface area contributed by atoms with Crippen molar-refractivity contribution in [3.8, 4) is 5.75 Å². The molecule has 1 aromatic rings. The van der Waals surface area contributed by atoms with Gasteiger partial charge in [-0.15, -0.1) is 0 Å². The molecule has 1 rings (SSSR count). The summed E-state index contributed by atoms with van der Waals surface area (Å²) < 4.78 is 0. The van der Waals surface area contributed by atoms with Crippen molar-refractivity contribution >= 4 is 29.1 Å². The lowest BCUT2D eigenvalue weighted by Crippen LogP contribution is -1.98. The maximum absolute atomic E-state index is 11.3. The standard InChI is InChI=1S/C13H17ClO2S/c1-4-8(2)17-7-10-5-11(14)6-12(9(3)15)13(10)16/h5-6,8,16H,4,7H2,1-3H3. The Morgan fingerprint density at radius 1 is 1.53 bits per heavy atom. The van der Waals surface area contributed by atoms with Crippen molar-refractivity contribution in [2.24, 2.45) is 0 Å². The number of benzene rings is 1. The van der Waals surface area contributed by atoms with E-state index in [1.54, 1.807) is 17.8 Å². The van der Waals surface area contributed by atoms with Gasteiger partial charge in [-0.1, -0.05) is 25.4 Å². The molecule has 0 aliphatic carbocycles. The minimum Gasteiger partial charge on any atom is -0.507 e. The summed E-state index contributed by atoms with van der Waals surface area (Å²) in [6, 6.07) is 3.23. The van der Waals surface area contributed by atoms with Crippen LogP contribution in [0.3, 0.4) is 0 Å². The van der Waals surface area contributed by atoms with E-state index in [0.29, 0.717) is 21.6 Å². The van der Waals surface area contributed by atoms with Crippen LogP contribution in [-0.2, 0) is 5.75 Å². The molecule has 0 bridgehead atoms. The molecule has 0 aliphatic rings. The Morgan fingerprint density at radius 2 is 2.18 bits per heavy atom. The van der Waals surface area contributed by atoms with Crippen molar-refractivity contribution in [3.05, 3.63) is 28.3 Å². The van der Waals surface area contributed by atoms with Crippen LogP contribution in [0.5, 0.6) is 5.75 Å². The van der Waals surface area contributed by atoms with Gasteiger partial charge in [0.05, 0.1) is 5.56 Å². The molecule has 0 spiro atoms. The van der Waals surface area contributed by atoms with E-state index in [9.17, 15) is 9.90 Å². The lowest BCUT2D eigenvalue weighted by Gasteiger charge is -2.11. The summed E-state index contributed by atoms with van der Waals surface area (Å²) in [7, 11) is 0. The Hall–Kier alpha value is -0.670. The Kier molecular flexibility index (Phi) is 5.34. The van der Waals surface area contributed by atoms with Gasteiger partial charge < -0.3 is 5.11 Å². The largest absolute Gasteiger partial charge is 0.507 e. The fourth-order valence-electron chi connectivity index (χ4n) is 1.38. The summed E-state index contributed by atoms with van der Waals surface area (Å²) >= 11 is 7.69. The summed E-state index contributed by atoms with van der Waals surface area (Å²) in [5.74, 6) is 0.569. The highest BCUT2D eigenvalue weighted by Gasteiger charge is 2.13. The van der Waals surface area contributed by atoms with Crippen molar-refractivity contribution < 1.29 is 9.90 Å². The first-order valence-electron chi connectivity index (χ1n) is 5.59. The number of carbonyl (C=O) groups excluding carboxylic acids is 1. The zero-order valence-corrected chi connectivity index (χ0v) is 11.9. The summed E-state index contributed by atoms with van der Waals surface area (Å²) in [6.45, 7) is 5.69. The van der Waals surface area contributed by atoms with Gasteiger partial charge in [0.15, 0.2) is 5.78 Å². The number of thioether (sulfide) groups is 1. The van der Waals surface area contributed by atoms with Gasteiger partial charge in [-0.05, 0) is 25.5 Å². The van der Waals surface area contributed by atoms with Crippen molar-refractivity contribution in [1.29, 1.82) is 0 Å². The average Bonchev–Trinajstić information content (AvgIpc) is 2.28. The van der Waals surface area contributed by atoms with E-state index >= 15 is 0 Å². The van der Waals surface area contributed by atoms with Gasteiger partial charge in [-0.2, -0.15) is 11.8 Å². The number of carbonyl (C=O) groups is 1. The minimum atomic E-state index is -0.167. The number of hydrogen-bond donors (Lipinski definition) is 1. The third kappa shape index (κ3) is 3.93.